The van der Waals surface area contributed by atoms with Gasteiger partial charge in [0.25, 0.3) is 5.56 Å². The van der Waals surface area contributed by atoms with Gasteiger partial charge in [0.15, 0.2) is 11.4 Å². The van der Waals surface area contributed by atoms with Crippen LogP contribution in [0.25, 0.3) is 22.3 Å². The minimum absolute atomic E-state index is 0.115. The summed E-state index contributed by atoms with van der Waals surface area (Å²) in [6, 6.07) is 3.67. The first-order chi connectivity index (χ1) is 14.8. The van der Waals surface area contributed by atoms with E-state index in [9.17, 15) is 14.7 Å². The van der Waals surface area contributed by atoms with Crippen LogP contribution in [-0.4, -0.2) is 27.2 Å². The number of aliphatic hydroxyl groups is 1. The summed E-state index contributed by atoms with van der Waals surface area (Å²) in [6.45, 7) is 4.36. The highest BCUT2D eigenvalue weighted by Crippen LogP contribution is 2.45. The number of nitrogen functional groups attached to an aromatic ring is 1. The van der Waals surface area contributed by atoms with Crippen molar-refractivity contribution in [1.29, 1.82) is 0 Å². The Morgan fingerprint density at radius 3 is 2.81 bits per heavy atom. The number of ether oxygens (including phenoxy) is 2. The highest BCUT2D eigenvalue weighted by Gasteiger charge is 2.45. The van der Waals surface area contributed by atoms with E-state index in [1.165, 1.54) is 0 Å². The van der Waals surface area contributed by atoms with Crippen molar-refractivity contribution in [3.8, 4) is 17.1 Å². The molecule has 0 aliphatic carbocycles. The summed E-state index contributed by atoms with van der Waals surface area (Å²) in [6.07, 6.45) is 0.809. The number of anilines is 1. The predicted molar refractivity (Wildman–Crippen MR) is 113 cm³/mol. The molecule has 5 heterocycles. The van der Waals surface area contributed by atoms with Crippen molar-refractivity contribution in [3.63, 3.8) is 0 Å². The number of cyclic esters (lactones) is 1. The summed E-state index contributed by atoms with van der Waals surface area (Å²) in [4.78, 5) is 30.6. The Kier molecular flexibility index (Phi) is 3.47. The van der Waals surface area contributed by atoms with Gasteiger partial charge in [0, 0.05) is 22.9 Å². The largest absolute Gasteiger partial charge is 0.490 e. The van der Waals surface area contributed by atoms with E-state index in [0.29, 0.717) is 53.5 Å². The molecule has 8 heteroatoms. The van der Waals surface area contributed by atoms with Crippen LogP contribution in [0, 0.1) is 6.92 Å². The second-order valence-electron chi connectivity index (χ2n) is 8.45. The lowest BCUT2D eigenvalue weighted by Gasteiger charge is -2.31. The topological polar surface area (TPSA) is 117 Å². The molecular formula is C23H21N3O5. The van der Waals surface area contributed by atoms with E-state index in [1.807, 2.05) is 13.0 Å². The molecule has 0 amide bonds. The SMILES string of the molecule is CC[C@@]1(O)C(=O)OCc2c1cc1n(c2=O)Cc2c-1nc1cc(C)c(N)c3c1c2CCO3. The average Bonchev–Trinajstić information content (AvgIpc) is 3.14. The van der Waals surface area contributed by atoms with Gasteiger partial charge in [0.05, 0.1) is 41.3 Å². The van der Waals surface area contributed by atoms with E-state index in [1.54, 1.807) is 17.6 Å². The van der Waals surface area contributed by atoms with Crippen molar-refractivity contribution in [3.05, 3.63) is 50.3 Å². The quantitative estimate of drug-likeness (QED) is 0.357. The van der Waals surface area contributed by atoms with Crippen LogP contribution < -0.4 is 16.0 Å². The Morgan fingerprint density at radius 1 is 1.23 bits per heavy atom. The van der Waals surface area contributed by atoms with E-state index >= 15 is 0 Å². The fourth-order valence-electron chi connectivity index (χ4n) is 5.12. The summed E-state index contributed by atoms with van der Waals surface area (Å²) >= 11 is 0. The molecule has 3 aromatic rings. The van der Waals surface area contributed by atoms with Crippen molar-refractivity contribution >= 4 is 22.6 Å². The number of pyridine rings is 2. The standard InChI is InChI=1S/C23H21N3O5/c1-3-23(29)14-7-16-19-12(8-26(16)21(27)13(14)9-31-22(23)28)11-4-5-30-20-17(11)15(25-19)6-10(2)18(20)24/h6-7,29H,3-5,8-9,24H2,1-2H3/t23-/m0/s1. The first-order valence-corrected chi connectivity index (χ1v) is 10.4. The van der Waals surface area contributed by atoms with Gasteiger partial charge < -0.3 is 24.9 Å². The van der Waals surface area contributed by atoms with Gasteiger partial charge in [-0.15, -0.1) is 0 Å². The fourth-order valence-corrected chi connectivity index (χ4v) is 5.12. The summed E-state index contributed by atoms with van der Waals surface area (Å²) in [5.74, 6) is -0.0620. The summed E-state index contributed by atoms with van der Waals surface area (Å²) < 4.78 is 12.7. The predicted octanol–water partition coefficient (Wildman–Crippen LogP) is 1.91. The lowest BCUT2D eigenvalue weighted by atomic mass is 9.86. The fraction of sp³-hybridized carbons (Fsp3) is 0.348. The minimum atomic E-state index is -1.83. The number of aryl methyl sites for hydroxylation is 1. The smallest absolute Gasteiger partial charge is 0.343 e. The second kappa shape index (κ2) is 5.85. The lowest BCUT2D eigenvalue weighted by molar-refractivity contribution is -0.172. The van der Waals surface area contributed by atoms with Gasteiger partial charge >= 0.3 is 5.97 Å². The molecule has 158 valence electrons. The number of rotatable bonds is 1. The van der Waals surface area contributed by atoms with Crippen LogP contribution in [-0.2, 0) is 34.7 Å². The zero-order chi connectivity index (χ0) is 21.7. The van der Waals surface area contributed by atoms with Gasteiger partial charge in [-0.2, -0.15) is 0 Å². The average molecular weight is 419 g/mol. The number of fused-ring (bicyclic) bond motifs is 5. The normalized spacial score (nSPS) is 20.7. The Hall–Kier alpha value is -3.39. The maximum atomic E-state index is 13.4. The van der Waals surface area contributed by atoms with Crippen LogP contribution in [0.3, 0.4) is 0 Å². The minimum Gasteiger partial charge on any atom is -0.490 e. The maximum Gasteiger partial charge on any atom is 0.343 e. The molecule has 0 spiro atoms. The monoisotopic (exact) mass is 419 g/mol. The van der Waals surface area contributed by atoms with Gasteiger partial charge in [-0.05, 0) is 36.6 Å². The zero-order valence-corrected chi connectivity index (χ0v) is 17.2. The van der Waals surface area contributed by atoms with Gasteiger partial charge in [-0.1, -0.05) is 6.92 Å². The maximum absolute atomic E-state index is 13.4. The lowest BCUT2D eigenvalue weighted by Crippen LogP contribution is -2.44. The molecule has 31 heavy (non-hydrogen) atoms. The molecule has 0 saturated carbocycles. The van der Waals surface area contributed by atoms with Gasteiger partial charge in [-0.3, -0.25) is 4.79 Å². The molecule has 0 unspecified atom stereocenters. The van der Waals surface area contributed by atoms with Crippen molar-refractivity contribution < 1.29 is 19.4 Å². The van der Waals surface area contributed by atoms with E-state index in [4.69, 9.17) is 20.2 Å². The number of carbonyl (C=O) groups is 1. The summed E-state index contributed by atoms with van der Waals surface area (Å²) in [7, 11) is 0. The highest BCUT2D eigenvalue weighted by atomic mass is 16.6. The molecule has 3 aliphatic heterocycles. The molecule has 0 bridgehead atoms. The third kappa shape index (κ3) is 2.15. The Labute approximate surface area is 177 Å². The number of hydrogen-bond acceptors (Lipinski definition) is 7. The second-order valence-corrected chi connectivity index (χ2v) is 8.45. The first-order valence-electron chi connectivity index (χ1n) is 10.4. The van der Waals surface area contributed by atoms with Crippen LogP contribution in [0.1, 0.15) is 41.2 Å². The molecular weight excluding hydrogens is 398 g/mol. The van der Waals surface area contributed by atoms with Crippen LogP contribution in [0.2, 0.25) is 0 Å². The third-order valence-electron chi connectivity index (χ3n) is 6.89. The number of hydrogen-bond donors (Lipinski definition) is 2. The van der Waals surface area contributed by atoms with Gasteiger partial charge in [0.1, 0.15) is 6.61 Å². The van der Waals surface area contributed by atoms with Crippen molar-refractivity contribution in [2.45, 2.75) is 45.4 Å². The number of carbonyl (C=O) groups excluding carboxylic acids is 1. The van der Waals surface area contributed by atoms with Crippen molar-refractivity contribution in [2.75, 3.05) is 12.3 Å². The molecule has 6 rings (SSSR count). The number of esters is 1. The third-order valence-corrected chi connectivity index (χ3v) is 6.89. The van der Waals surface area contributed by atoms with Gasteiger partial charge in [0.2, 0.25) is 0 Å². The number of nitrogens with two attached hydrogens (primary N) is 1. The van der Waals surface area contributed by atoms with Crippen molar-refractivity contribution in [2.24, 2.45) is 0 Å². The molecule has 3 N–H and O–H groups in total. The molecule has 8 nitrogen and oxygen atoms in total. The first kappa shape index (κ1) is 18.4. The van der Waals surface area contributed by atoms with Crippen LogP contribution in [0.5, 0.6) is 5.75 Å². The number of nitrogens with zero attached hydrogens (tertiary/aromatic N) is 2. The molecule has 1 atom stereocenters. The van der Waals surface area contributed by atoms with Crippen LogP contribution >= 0.6 is 0 Å². The molecule has 0 radical (unpaired) electrons. The van der Waals surface area contributed by atoms with E-state index in [2.05, 4.69) is 0 Å². The van der Waals surface area contributed by atoms with E-state index in [0.717, 1.165) is 27.6 Å². The van der Waals surface area contributed by atoms with Crippen LogP contribution in [0.15, 0.2) is 16.9 Å². The Balaban J connectivity index is 1.68. The summed E-state index contributed by atoms with van der Waals surface area (Å²) in [5.41, 5.74) is 10.5. The highest BCUT2D eigenvalue weighted by molar-refractivity contribution is 5.98. The Bertz CT molecular complexity index is 1410. The summed E-state index contributed by atoms with van der Waals surface area (Å²) in [5, 5.41) is 11.9. The number of aromatic nitrogens is 2. The molecule has 0 fully saturated rings. The molecule has 1 aromatic carbocycles. The van der Waals surface area contributed by atoms with E-state index in [-0.39, 0.29) is 18.6 Å². The molecule has 0 saturated heterocycles. The van der Waals surface area contributed by atoms with Crippen LogP contribution in [0.4, 0.5) is 5.69 Å². The Morgan fingerprint density at radius 2 is 2.03 bits per heavy atom. The molecule has 3 aliphatic rings. The van der Waals surface area contributed by atoms with Crippen molar-refractivity contribution in [1.82, 2.24) is 9.55 Å². The zero-order valence-electron chi connectivity index (χ0n) is 17.2. The van der Waals surface area contributed by atoms with E-state index < -0.39 is 11.6 Å². The van der Waals surface area contributed by atoms with Gasteiger partial charge in [-0.25, -0.2) is 9.78 Å². The number of benzene rings is 1. The molecule has 2 aromatic heterocycles.